The summed E-state index contributed by atoms with van der Waals surface area (Å²) in [5.74, 6) is -0.118. The second-order valence-corrected chi connectivity index (χ2v) is 6.45. The molecular weight excluding hydrogens is 308 g/mol. The zero-order valence-corrected chi connectivity index (χ0v) is 14.6. The van der Waals surface area contributed by atoms with Gasteiger partial charge < -0.3 is 14.7 Å². The van der Waals surface area contributed by atoms with Crippen molar-refractivity contribution in [2.45, 2.75) is 32.7 Å². The van der Waals surface area contributed by atoms with Crippen LogP contribution in [0.2, 0.25) is 0 Å². The third-order valence-corrected chi connectivity index (χ3v) is 4.30. The van der Waals surface area contributed by atoms with Crippen LogP contribution in [0.25, 0.3) is 0 Å². The van der Waals surface area contributed by atoms with Crippen molar-refractivity contribution in [1.29, 1.82) is 0 Å². The first-order valence-corrected chi connectivity index (χ1v) is 8.28. The normalized spacial score (nSPS) is 17.7. The number of carbonyl (C=O) groups excluding carboxylic acids is 1. The maximum absolute atomic E-state index is 12.3. The Hall–Kier alpha value is -2.08. The van der Waals surface area contributed by atoms with Crippen LogP contribution >= 0.6 is 0 Å². The standard InChI is InChI=1S/C18H26N2O4/c1-13-9-14(2)11-15(10-13)24-8-7-19(3)17(21)12-20-6-4-5-16(20)18(22)23/h9-11,16H,4-8,12H2,1-3H3,(H,22,23)/t16-/m0/s1. The molecule has 1 aliphatic rings. The lowest BCUT2D eigenvalue weighted by molar-refractivity contribution is -0.143. The van der Waals surface area contributed by atoms with E-state index in [1.807, 2.05) is 26.0 Å². The minimum Gasteiger partial charge on any atom is -0.492 e. The molecule has 1 amide bonds. The molecule has 6 nitrogen and oxygen atoms in total. The second kappa shape index (κ2) is 8.15. The number of carboxylic acid groups (broad SMARTS) is 1. The molecular formula is C18H26N2O4. The number of nitrogens with zero attached hydrogens (tertiary/aromatic N) is 2. The van der Waals surface area contributed by atoms with E-state index in [4.69, 9.17) is 9.84 Å². The molecule has 2 rings (SSSR count). The quantitative estimate of drug-likeness (QED) is 0.822. The lowest BCUT2D eigenvalue weighted by atomic mass is 10.1. The van der Waals surface area contributed by atoms with E-state index >= 15 is 0 Å². The van der Waals surface area contributed by atoms with E-state index in [2.05, 4.69) is 6.07 Å². The number of benzene rings is 1. The molecule has 1 N–H and O–H groups in total. The summed E-state index contributed by atoms with van der Waals surface area (Å²) in [5, 5.41) is 9.16. The van der Waals surface area contributed by atoms with Crippen LogP contribution in [0, 0.1) is 13.8 Å². The predicted octanol–water partition coefficient (Wildman–Crippen LogP) is 1.69. The number of likely N-dealkylation sites (tertiary alicyclic amines) is 1. The van der Waals surface area contributed by atoms with Gasteiger partial charge in [0.15, 0.2) is 0 Å². The van der Waals surface area contributed by atoms with Gasteiger partial charge in [-0.1, -0.05) is 6.07 Å². The van der Waals surface area contributed by atoms with E-state index < -0.39 is 12.0 Å². The molecule has 0 saturated carbocycles. The summed E-state index contributed by atoms with van der Waals surface area (Å²) in [4.78, 5) is 26.8. The lowest BCUT2D eigenvalue weighted by Crippen LogP contribution is -2.44. The van der Waals surface area contributed by atoms with Gasteiger partial charge in [0.25, 0.3) is 0 Å². The molecule has 1 fully saturated rings. The number of carboxylic acids is 1. The SMILES string of the molecule is Cc1cc(C)cc(OCCN(C)C(=O)CN2CCC[C@H]2C(=O)O)c1. The summed E-state index contributed by atoms with van der Waals surface area (Å²) in [6.07, 6.45) is 1.44. The van der Waals surface area contributed by atoms with Gasteiger partial charge in [-0.15, -0.1) is 0 Å². The van der Waals surface area contributed by atoms with Gasteiger partial charge in [0, 0.05) is 7.05 Å². The number of aliphatic carboxylic acids is 1. The minimum atomic E-state index is -0.846. The van der Waals surface area contributed by atoms with Gasteiger partial charge >= 0.3 is 5.97 Å². The average molecular weight is 334 g/mol. The molecule has 1 aromatic rings. The van der Waals surface area contributed by atoms with Crippen LogP contribution in [-0.4, -0.2) is 66.1 Å². The van der Waals surface area contributed by atoms with Crippen molar-refractivity contribution in [2.24, 2.45) is 0 Å². The van der Waals surface area contributed by atoms with Crippen LogP contribution in [0.5, 0.6) is 5.75 Å². The number of hydrogen-bond donors (Lipinski definition) is 1. The largest absolute Gasteiger partial charge is 0.492 e. The molecule has 0 bridgehead atoms. The molecule has 0 radical (unpaired) electrons. The Kier molecular flexibility index (Phi) is 6.20. The average Bonchev–Trinajstić information content (AvgIpc) is 2.94. The fraction of sp³-hybridized carbons (Fsp3) is 0.556. The number of carbonyl (C=O) groups is 2. The van der Waals surface area contributed by atoms with Gasteiger partial charge in [0.1, 0.15) is 18.4 Å². The number of rotatable bonds is 7. The van der Waals surface area contributed by atoms with Crippen molar-refractivity contribution in [2.75, 3.05) is 33.3 Å². The molecule has 132 valence electrons. The zero-order valence-electron chi connectivity index (χ0n) is 14.6. The lowest BCUT2D eigenvalue weighted by Gasteiger charge is -2.24. The Morgan fingerprint density at radius 1 is 1.29 bits per heavy atom. The summed E-state index contributed by atoms with van der Waals surface area (Å²) in [6.45, 7) is 5.73. The van der Waals surface area contributed by atoms with Crippen molar-refractivity contribution in [3.05, 3.63) is 29.3 Å². The van der Waals surface area contributed by atoms with Crippen molar-refractivity contribution in [3.8, 4) is 5.75 Å². The maximum atomic E-state index is 12.3. The third kappa shape index (κ3) is 4.96. The van der Waals surface area contributed by atoms with Crippen molar-refractivity contribution in [1.82, 2.24) is 9.80 Å². The van der Waals surface area contributed by atoms with Gasteiger partial charge in [-0.05, 0) is 56.5 Å². The molecule has 0 aliphatic carbocycles. The number of hydrogen-bond acceptors (Lipinski definition) is 4. The number of amides is 1. The molecule has 1 saturated heterocycles. The smallest absolute Gasteiger partial charge is 0.320 e. The first-order chi connectivity index (χ1) is 11.4. The topological polar surface area (TPSA) is 70.1 Å². The Bertz CT molecular complexity index is 582. The highest BCUT2D eigenvalue weighted by Crippen LogP contribution is 2.18. The van der Waals surface area contributed by atoms with Crippen LogP contribution in [0.1, 0.15) is 24.0 Å². The number of likely N-dealkylation sites (N-methyl/N-ethyl adjacent to an activating group) is 1. The Labute approximate surface area is 143 Å². The van der Waals surface area contributed by atoms with Gasteiger partial charge in [0.2, 0.25) is 5.91 Å². The molecule has 6 heteroatoms. The molecule has 1 atom stereocenters. The summed E-state index contributed by atoms with van der Waals surface area (Å²) >= 11 is 0. The first-order valence-electron chi connectivity index (χ1n) is 8.28. The van der Waals surface area contributed by atoms with Crippen LogP contribution < -0.4 is 4.74 Å². The highest BCUT2D eigenvalue weighted by molar-refractivity contribution is 5.80. The predicted molar refractivity (Wildman–Crippen MR) is 91.3 cm³/mol. The van der Waals surface area contributed by atoms with E-state index in [0.717, 1.165) is 23.3 Å². The fourth-order valence-electron chi connectivity index (χ4n) is 3.03. The highest BCUT2D eigenvalue weighted by Gasteiger charge is 2.32. The summed E-state index contributed by atoms with van der Waals surface area (Å²) < 4.78 is 5.72. The molecule has 24 heavy (non-hydrogen) atoms. The van der Waals surface area contributed by atoms with E-state index in [1.165, 1.54) is 0 Å². The minimum absolute atomic E-state index is 0.0767. The van der Waals surface area contributed by atoms with Crippen LogP contribution in [-0.2, 0) is 9.59 Å². The van der Waals surface area contributed by atoms with Gasteiger partial charge in [-0.25, -0.2) is 0 Å². The van der Waals surface area contributed by atoms with Gasteiger partial charge in [-0.3, -0.25) is 14.5 Å². The second-order valence-electron chi connectivity index (χ2n) is 6.45. The molecule has 0 aromatic heterocycles. The highest BCUT2D eigenvalue weighted by atomic mass is 16.5. The summed E-state index contributed by atoms with van der Waals surface area (Å²) in [5.41, 5.74) is 2.28. The molecule has 1 aromatic carbocycles. The van der Waals surface area contributed by atoms with E-state index in [1.54, 1.807) is 16.8 Å². The Balaban J connectivity index is 1.78. The number of ether oxygens (including phenoxy) is 1. The van der Waals surface area contributed by atoms with E-state index in [9.17, 15) is 9.59 Å². The van der Waals surface area contributed by atoms with E-state index in [-0.39, 0.29) is 12.5 Å². The van der Waals surface area contributed by atoms with Crippen LogP contribution in [0.15, 0.2) is 18.2 Å². The summed E-state index contributed by atoms with van der Waals surface area (Å²) in [6, 6.07) is 5.48. The van der Waals surface area contributed by atoms with Crippen molar-refractivity contribution in [3.63, 3.8) is 0 Å². The third-order valence-electron chi connectivity index (χ3n) is 4.30. The maximum Gasteiger partial charge on any atom is 0.320 e. The fourth-order valence-corrected chi connectivity index (χ4v) is 3.03. The summed E-state index contributed by atoms with van der Waals surface area (Å²) in [7, 11) is 1.72. The van der Waals surface area contributed by atoms with Gasteiger partial charge in [0.05, 0.1) is 13.1 Å². The molecule has 1 aliphatic heterocycles. The molecule has 0 spiro atoms. The Morgan fingerprint density at radius 2 is 1.96 bits per heavy atom. The van der Waals surface area contributed by atoms with Gasteiger partial charge in [-0.2, -0.15) is 0 Å². The molecule has 1 heterocycles. The monoisotopic (exact) mass is 334 g/mol. The first kappa shape index (κ1) is 18.3. The number of aryl methyl sites for hydroxylation is 2. The molecule has 0 unspecified atom stereocenters. The Morgan fingerprint density at radius 3 is 2.58 bits per heavy atom. The van der Waals surface area contributed by atoms with Crippen LogP contribution in [0.3, 0.4) is 0 Å². The van der Waals surface area contributed by atoms with Crippen molar-refractivity contribution < 1.29 is 19.4 Å². The zero-order chi connectivity index (χ0) is 17.7. The van der Waals surface area contributed by atoms with Crippen molar-refractivity contribution >= 4 is 11.9 Å². The van der Waals surface area contributed by atoms with Crippen LogP contribution in [0.4, 0.5) is 0 Å². The van der Waals surface area contributed by atoms with E-state index in [0.29, 0.717) is 26.1 Å².